The second-order valence-corrected chi connectivity index (χ2v) is 6.64. The molecule has 106 valence electrons. The van der Waals surface area contributed by atoms with E-state index in [0.717, 1.165) is 9.88 Å². The third-order valence-electron chi connectivity index (χ3n) is 2.88. The molecular formula is C15H13N3OS2. The van der Waals surface area contributed by atoms with Crippen molar-refractivity contribution in [1.29, 1.82) is 0 Å². The molecule has 6 heteroatoms. The van der Waals surface area contributed by atoms with Gasteiger partial charge in [-0.25, -0.2) is 9.97 Å². The fraction of sp³-hybridized carbons (Fsp3) is 0.133. The smallest absolute Gasteiger partial charge is 0.277 e. The van der Waals surface area contributed by atoms with Gasteiger partial charge in [0.15, 0.2) is 5.13 Å². The van der Waals surface area contributed by atoms with Gasteiger partial charge in [0.2, 0.25) is 0 Å². The number of carbonyl (C=O) groups excluding carboxylic acids is 1. The van der Waals surface area contributed by atoms with Gasteiger partial charge in [0, 0.05) is 22.9 Å². The molecule has 1 amide bonds. The van der Waals surface area contributed by atoms with Crippen LogP contribution in [0.15, 0.2) is 41.9 Å². The van der Waals surface area contributed by atoms with Gasteiger partial charge in [-0.3, -0.25) is 10.1 Å². The summed E-state index contributed by atoms with van der Waals surface area (Å²) in [6, 6.07) is 10.1. The lowest BCUT2D eigenvalue weighted by atomic mass is 10.1. The molecule has 0 aliphatic carbocycles. The number of thiazole rings is 2. The van der Waals surface area contributed by atoms with E-state index in [1.54, 1.807) is 17.5 Å². The fourth-order valence-corrected chi connectivity index (χ4v) is 3.48. The predicted molar refractivity (Wildman–Crippen MR) is 86.2 cm³/mol. The molecule has 21 heavy (non-hydrogen) atoms. The van der Waals surface area contributed by atoms with E-state index in [1.807, 2.05) is 30.5 Å². The highest BCUT2D eigenvalue weighted by molar-refractivity contribution is 7.14. The molecule has 0 atom stereocenters. The Morgan fingerprint density at radius 3 is 2.81 bits per heavy atom. The number of anilines is 1. The number of benzene rings is 1. The molecule has 3 aromatic rings. The largest absolute Gasteiger partial charge is 0.296 e. The first-order chi connectivity index (χ1) is 10.2. The Morgan fingerprint density at radius 1 is 1.29 bits per heavy atom. The van der Waals surface area contributed by atoms with Crippen LogP contribution >= 0.6 is 22.7 Å². The zero-order valence-electron chi connectivity index (χ0n) is 11.4. The Labute approximate surface area is 130 Å². The van der Waals surface area contributed by atoms with Crippen LogP contribution in [0.4, 0.5) is 5.13 Å². The van der Waals surface area contributed by atoms with Crippen molar-refractivity contribution in [2.45, 2.75) is 13.3 Å². The van der Waals surface area contributed by atoms with Gasteiger partial charge < -0.3 is 0 Å². The second-order valence-electron chi connectivity index (χ2n) is 4.46. The van der Waals surface area contributed by atoms with Crippen LogP contribution in [0.25, 0.3) is 0 Å². The Balaban J connectivity index is 1.83. The topological polar surface area (TPSA) is 54.9 Å². The first-order valence-electron chi connectivity index (χ1n) is 6.43. The van der Waals surface area contributed by atoms with Crippen LogP contribution in [0.3, 0.4) is 0 Å². The summed E-state index contributed by atoms with van der Waals surface area (Å²) in [4.78, 5) is 21.8. The summed E-state index contributed by atoms with van der Waals surface area (Å²) >= 11 is 2.96. The van der Waals surface area contributed by atoms with Crippen molar-refractivity contribution < 1.29 is 4.79 Å². The molecular weight excluding hydrogens is 302 g/mol. The van der Waals surface area contributed by atoms with Gasteiger partial charge in [-0.1, -0.05) is 30.3 Å². The Hall–Kier alpha value is -2.05. The maximum Gasteiger partial charge on any atom is 0.277 e. The molecule has 4 nitrogen and oxygen atoms in total. The van der Waals surface area contributed by atoms with Gasteiger partial charge in [0.1, 0.15) is 5.69 Å². The van der Waals surface area contributed by atoms with E-state index < -0.39 is 0 Å². The first kappa shape index (κ1) is 13.9. The van der Waals surface area contributed by atoms with Gasteiger partial charge in [0.25, 0.3) is 5.91 Å². The number of aryl methyl sites for hydroxylation is 1. The van der Waals surface area contributed by atoms with Crippen LogP contribution in [0.5, 0.6) is 0 Å². The van der Waals surface area contributed by atoms with E-state index in [0.29, 0.717) is 17.2 Å². The minimum absolute atomic E-state index is 0.194. The monoisotopic (exact) mass is 315 g/mol. The van der Waals surface area contributed by atoms with Crippen LogP contribution in [-0.4, -0.2) is 15.9 Å². The lowest BCUT2D eigenvalue weighted by Gasteiger charge is -2.03. The lowest BCUT2D eigenvalue weighted by molar-refractivity contribution is 0.102. The Bertz CT molecular complexity index is 736. The van der Waals surface area contributed by atoms with E-state index in [9.17, 15) is 4.79 Å². The number of hydrogen-bond acceptors (Lipinski definition) is 5. The summed E-state index contributed by atoms with van der Waals surface area (Å²) in [5, 5.41) is 6.10. The van der Waals surface area contributed by atoms with E-state index in [-0.39, 0.29) is 5.91 Å². The maximum atomic E-state index is 12.3. The molecule has 2 aromatic heterocycles. The molecule has 0 spiro atoms. The molecule has 0 bridgehead atoms. The number of nitrogens with zero attached hydrogens (tertiary/aromatic N) is 2. The summed E-state index contributed by atoms with van der Waals surface area (Å²) < 4.78 is 0. The van der Waals surface area contributed by atoms with E-state index >= 15 is 0 Å². The van der Waals surface area contributed by atoms with Crippen molar-refractivity contribution in [2.24, 2.45) is 0 Å². The Kier molecular flexibility index (Phi) is 4.08. The second kappa shape index (κ2) is 6.15. The molecule has 1 aromatic carbocycles. The molecule has 0 saturated heterocycles. The van der Waals surface area contributed by atoms with Crippen molar-refractivity contribution in [1.82, 2.24) is 9.97 Å². The lowest BCUT2D eigenvalue weighted by Crippen LogP contribution is -2.14. The van der Waals surface area contributed by atoms with Crippen molar-refractivity contribution in [3.63, 3.8) is 0 Å². The van der Waals surface area contributed by atoms with E-state index in [1.165, 1.54) is 16.9 Å². The van der Waals surface area contributed by atoms with Crippen molar-refractivity contribution in [3.05, 3.63) is 63.1 Å². The third-order valence-corrected chi connectivity index (χ3v) is 4.54. The molecule has 0 aliphatic rings. The van der Waals surface area contributed by atoms with E-state index in [4.69, 9.17) is 0 Å². The van der Waals surface area contributed by atoms with Gasteiger partial charge in [-0.05, 0) is 12.5 Å². The standard InChI is InChI=1S/C15H13N3OS2/c1-10-17-13(14(19)18-15-16-7-8-20-15)12(21-10)9-11-5-3-2-4-6-11/h2-8H,9H2,1H3,(H,16,18,19). The van der Waals surface area contributed by atoms with Crippen LogP contribution in [0.2, 0.25) is 0 Å². The van der Waals surface area contributed by atoms with Gasteiger partial charge >= 0.3 is 0 Å². The third kappa shape index (κ3) is 3.34. The summed E-state index contributed by atoms with van der Waals surface area (Å²) in [6.07, 6.45) is 2.38. The van der Waals surface area contributed by atoms with Crippen molar-refractivity contribution in [2.75, 3.05) is 5.32 Å². The normalized spacial score (nSPS) is 10.5. The number of carbonyl (C=O) groups is 1. The average Bonchev–Trinajstić information content (AvgIpc) is 3.10. The summed E-state index contributed by atoms with van der Waals surface area (Å²) in [5.41, 5.74) is 1.67. The van der Waals surface area contributed by atoms with Crippen LogP contribution in [-0.2, 0) is 6.42 Å². The molecule has 0 aliphatic heterocycles. The molecule has 0 unspecified atom stereocenters. The van der Waals surface area contributed by atoms with Crippen LogP contribution < -0.4 is 5.32 Å². The number of rotatable bonds is 4. The van der Waals surface area contributed by atoms with Gasteiger partial charge in [-0.2, -0.15) is 0 Å². The van der Waals surface area contributed by atoms with Crippen LogP contribution in [0.1, 0.15) is 25.9 Å². The molecule has 0 fully saturated rings. The van der Waals surface area contributed by atoms with Gasteiger partial charge in [-0.15, -0.1) is 22.7 Å². The number of hydrogen-bond donors (Lipinski definition) is 1. The minimum atomic E-state index is -0.194. The summed E-state index contributed by atoms with van der Waals surface area (Å²) in [6.45, 7) is 1.92. The maximum absolute atomic E-state index is 12.3. The van der Waals surface area contributed by atoms with Crippen molar-refractivity contribution >= 4 is 33.7 Å². The van der Waals surface area contributed by atoms with Gasteiger partial charge in [0.05, 0.1) is 5.01 Å². The number of nitrogens with one attached hydrogen (secondary N) is 1. The van der Waals surface area contributed by atoms with Crippen LogP contribution in [0, 0.1) is 6.92 Å². The summed E-state index contributed by atoms with van der Waals surface area (Å²) in [5.74, 6) is -0.194. The molecule has 0 radical (unpaired) electrons. The van der Waals surface area contributed by atoms with Crippen molar-refractivity contribution in [3.8, 4) is 0 Å². The number of amides is 1. The number of aromatic nitrogens is 2. The SMILES string of the molecule is Cc1nc(C(=O)Nc2nccs2)c(Cc2ccccc2)s1. The fourth-order valence-electron chi connectivity index (χ4n) is 1.99. The highest BCUT2D eigenvalue weighted by atomic mass is 32.1. The quantitative estimate of drug-likeness (QED) is 0.797. The highest BCUT2D eigenvalue weighted by Gasteiger charge is 2.18. The Morgan fingerprint density at radius 2 is 2.10 bits per heavy atom. The molecule has 1 N–H and O–H groups in total. The average molecular weight is 315 g/mol. The zero-order valence-corrected chi connectivity index (χ0v) is 13.0. The zero-order chi connectivity index (χ0) is 14.7. The van der Waals surface area contributed by atoms with E-state index in [2.05, 4.69) is 27.4 Å². The molecule has 2 heterocycles. The summed E-state index contributed by atoms with van der Waals surface area (Å²) in [7, 11) is 0. The predicted octanol–water partition coefficient (Wildman–Crippen LogP) is 3.75. The first-order valence-corrected chi connectivity index (χ1v) is 8.13. The minimum Gasteiger partial charge on any atom is -0.296 e. The molecule has 3 rings (SSSR count). The molecule has 0 saturated carbocycles. The highest BCUT2D eigenvalue weighted by Crippen LogP contribution is 2.23.